The van der Waals surface area contributed by atoms with E-state index in [4.69, 9.17) is 4.98 Å². The highest BCUT2D eigenvalue weighted by Crippen LogP contribution is 2.31. The van der Waals surface area contributed by atoms with Gasteiger partial charge in [0, 0.05) is 38.3 Å². The number of carbonyl (C=O) groups excluding carboxylic acids is 1. The molecule has 0 saturated carbocycles. The second-order valence-corrected chi connectivity index (χ2v) is 11.7. The molecule has 2 aromatic carbocycles. The molecule has 33 heavy (non-hydrogen) atoms. The maximum Gasteiger partial charge on any atom is 0.251 e. The summed E-state index contributed by atoms with van der Waals surface area (Å²) in [5, 5.41) is 4.10. The summed E-state index contributed by atoms with van der Waals surface area (Å²) in [6, 6.07) is 14.5. The molecule has 0 spiro atoms. The van der Waals surface area contributed by atoms with Crippen molar-refractivity contribution >= 4 is 42.6 Å². The summed E-state index contributed by atoms with van der Waals surface area (Å²) < 4.78 is 28.0. The van der Waals surface area contributed by atoms with Crippen LogP contribution >= 0.6 is 11.3 Å². The lowest BCUT2D eigenvalue weighted by Crippen LogP contribution is -2.38. The normalized spacial score (nSPS) is 18.1. The summed E-state index contributed by atoms with van der Waals surface area (Å²) in [6.07, 6.45) is 3.81. The van der Waals surface area contributed by atoms with Gasteiger partial charge in [0.05, 0.1) is 15.1 Å². The predicted octanol–water partition coefficient (Wildman–Crippen LogP) is 3.73. The molecule has 174 valence electrons. The standard InChI is InChI=1S/C24H28N4O3S2/c29-23(19-7-9-20(10-8-19)33(30,31)28-13-3-4-14-28)25-17-18-11-15-27(16-12-18)24-26-21-5-1-2-6-22(21)32-24/h1-2,5-10,18H,3-4,11-17H2,(H,25,29). The second kappa shape index (κ2) is 9.40. The largest absolute Gasteiger partial charge is 0.352 e. The Kier molecular flexibility index (Phi) is 6.36. The van der Waals surface area contributed by atoms with E-state index in [2.05, 4.69) is 16.3 Å². The van der Waals surface area contributed by atoms with Crippen LogP contribution in [0.4, 0.5) is 5.13 Å². The molecular weight excluding hydrogens is 456 g/mol. The van der Waals surface area contributed by atoms with Crippen LogP contribution in [0.15, 0.2) is 53.4 Å². The summed E-state index contributed by atoms with van der Waals surface area (Å²) in [7, 11) is -3.45. The number of rotatable bonds is 6. The number of benzene rings is 2. The van der Waals surface area contributed by atoms with Crippen LogP contribution in [0.3, 0.4) is 0 Å². The SMILES string of the molecule is O=C(NCC1CCN(c2nc3ccccc3s2)CC1)c1ccc(S(=O)(=O)N2CCCC2)cc1. The number of hydrogen-bond acceptors (Lipinski definition) is 6. The van der Waals surface area contributed by atoms with Gasteiger partial charge in [-0.1, -0.05) is 23.5 Å². The van der Waals surface area contributed by atoms with Crippen molar-refractivity contribution in [3.05, 3.63) is 54.1 Å². The minimum Gasteiger partial charge on any atom is -0.352 e. The Morgan fingerprint density at radius 3 is 2.39 bits per heavy atom. The smallest absolute Gasteiger partial charge is 0.251 e. The highest BCUT2D eigenvalue weighted by molar-refractivity contribution is 7.89. The van der Waals surface area contributed by atoms with Gasteiger partial charge in [0.2, 0.25) is 10.0 Å². The quantitative estimate of drug-likeness (QED) is 0.577. The first kappa shape index (κ1) is 22.3. The zero-order chi connectivity index (χ0) is 22.8. The molecule has 0 radical (unpaired) electrons. The third-order valence-corrected chi connectivity index (χ3v) is 9.55. The van der Waals surface area contributed by atoms with Gasteiger partial charge >= 0.3 is 0 Å². The van der Waals surface area contributed by atoms with Crippen molar-refractivity contribution in [2.24, 2.45) is 5.92 Å². The number of fused-ring (bicyclic) bond motifs is 1. The number of sulfonamides is 1. The van der Waals surface area contributed by atoms with Crippen molar-refractivity contribution in [3.8, 4) is 0 Å². The fourth-order valence-electron chi connectivity index (χ4n) is 4.52. The van der Waals surface area contributed by atoms with E-state index < -0.39 is 10.0 Å². The molecule has 2 aliphatic heterocycles. The van der Waals surface area contributed by atoms with E-state index in [0.717, 1.165) is 49.4 Å². The number of hydrogen-bond donors (Lipinski definition) is 1. The topological polar surface area (TPSA) is 82.6 Å². The number of nitrogens with zero attached hydrogens (tertiary/aromatic N) is 3. The summed E-state index contributed by atoms with van der Waals surface area (Å²) in [6.45, 7) is 3.64. The summed E-state index contributed by atoms with van der Waals surface area (Å²) >= 11 is 1.73. The Bertz CT molecular complexity index is 1190. The maximum absolute atomic E-state index is 12.6. The molecule has 1 aromatic heterocycles. The molecule has 2 aliphatic rings. The summed E-state index contributed by atoms with van der Waals surface area (Å²) in [4.78, 5) is 19.9. The van der Waals surface area contributed by atoms with Crippen molar-refractivity contribution in [3.63, 3.8) is 0 Å². The number of carbonyl (C=O) groups is 1. The Morgan fingerprint density at radius 2 is 1.70 bits per heavy atom. The molecule has 0 aliphatic carbocycles. The number of anilines is 1. The van der Waals surface area contributed by atoms with Crippen LogP contribution in [0.5, 0.6) is 0 Å². The van der Waals surface area contributed by atoms with Gasteiger partial charge in [-0.3, -0.25) is 4.79 Å². The first-order valence-corrected chi connectivity index (χ1v) is 13.8. The first-order chi connectivity index (χ1) is 16.0. The average Bonchev–Trinajstić information content (AvgIpc) is 3.54. The Labute approximate surface area is 198 Å². The number of amides is 1. The summed E-state index contributed by atoms with van der Waals surface area (Å²) in [5.41, 5.74) is 1.54. The number of nitrogens with one attached hydrogen (secondary N) is 1. The van der Waals surface area contributed by atoms with E-state index in [1.54, 1.807) is 35.6 Å². The molecule has 1 amide bonds. The van der Waals surface area contributed by atoms with E-state index in [1.165, 1.54) is 9.01 Å². The van der Waals surface area contributed by atoms with Crippen LogP contribution in [0.2, 0.25) is 0 Å². The number of para-hydroxylation sites is 1. The van der Waals surface area contributed by atoms with Crippen LogP contribution in [-0.4, -0.2) is 56.3 Å². The summed E-state index contributed by atoms with van der Waals surface area (Å²) in [5.74, 6) is 0.267. The van der Waals surface area contributed by atoms with Crippen LogP contribution < -0.4 is 10.2 Å². The molecule has 5 rings (SSSR count). The van der Waals surface area contributed by atoms with E-state index in [0.29, 0.717) is 31.1 Å². The predicted molar refractivity (Wildman–Crippen MR) is 131 cm³/mol. The van der Waals surface area contributed by atoms with Gasteiger partial charge in [-0.05, 0) is 68.0 Å². The molecule has 3 aromatic rings. The molecular formula is C24H28N4O3S2. The van der Waals surface area contributed by atoms with Gasteiger partial charge in [0.15, 0.2) is 5.13 Å². The number of thiazole rings is 1. The van der Waals surface area contributed by atoms with E-state index >= 15 is 0 Å². The van der Waals surface area contributed by atoms with Gasteiger partial charge in [0.1, 0.15) is 0 Å². The Balaban J connectivity index is 1.12. The van der Waals surface area contributed by atoms with Crippen molar-refractivity contribution in [1.82, 2.24) is 14.6 Å². The lowest BCUT2D eigenvalue weighted by atomic mass is 9.97. The van der Waals surface area contributed by atoms with Gasteiger partial charge < -0.3 is 10.2 Å². The minimum atomic E-state index is -3.45. The Hall–Kier alpha value is -2.49. The van der Waals surface area contributed by atoms with Crippen molar-refractivity contribution < 1.29 is 13.2 Å². The van der Waals surface area contributed by atoms with Gasteiger partial charge in [0.25, 0.3) is 5.91 Å². The van der Waals surface area contributed by atoms with Crippen molar-refractivity contribution in [2.75, 3.05) is 37.6 Å². The third-order valence-electron chi connectivity index (χ3n) is 6.54. The molecule has 9 heteroatoms. The van der Waals surface area contributed by atoms with Crippen LogP contribution in [-0.2, 0) is 10.0 Å². The first-order valence-electron chi connectivity index (χ1n) is 11.5. The van der Waals surface area contributed by atoms with Crippen molar-refractivity contribution in [1.29, 1.82) is 0 Å². The van der Waals surface area contributed by atoms with Crippen molar-refractivity contribution in [2.45, 2.75) is 30.6 Å². The highest BCUT2D eigenvalue weighted by atomic mass is 32.2. The highest BCUT2D eigenvalue weighted by Gasteiger charge is 2.27. The minimum absolute atomic E-state index is 0.159. The molecule has 0 unspecified atom stereocenters. The molecule has 2 saturated heterocycles. The van der Waals surface area contributed by atoms with Crippen LogP contribution in [0.1, 0.15) is 36.0 Å². The third kappa shape index (κ3) is 4.76. The molecule has 1 N–H and O–H groups in total. The van der Waals surface area contributed by atoms with Crippen LogP contribution in [0.25, 0.3) is 10.2 Å². The molecule has 0 atom stereocenters. The van der Waals surface area contributed by atoms with Gasteiger partial charge in [-0.25, -0.2) is 13.4 Å². The van der Waals surface area contributed by atoms with Crippen LogP contribution in [0, 0.1) is 5.92 Å². The zero-order valence-corrected chi connectivity index (χ0v) is 20.1. The average molecular weight is 485 g/mol. The lowest BCUT2D eigenvalue weighted by molar-refractivity contribution is 0.0945. The van der Waals surface area contributed by atoms with Gasteiger partial charge in [-0.15, -0.1) is 0 Å². The monoisotopic (exact) mass is 484 g/mol. The molecule has 7 nitrogen and oxygen atoms in total. The number of piperidine rings is 1. The van der Waals surface area contributed by atoms with E-state index in [1.807, 2.05) is 18.2 Å². The lowest BCUT2D eigenvalue weighted by Gasteiger charge is -2.31. The van der Waals surface area contributed by atoms with Gasteiger partial charge in [-0.2, -0.15) is 4.31 Å². The molecule has 3 heterocycles. The zero-order valence-electron chi connectivity index (χ0n) is 18.4. The number of aromatic nitrogens is 1. The maximum atomic E-state index is 12.6. The second-order valence-electron chi connectivity index (χ2n) is 8.74. The molecule has 2 fully saturated rings. The fraction of sp³-hybridized carbons (Fsp3) is 0.417. The van der Waals surface area contributed by atoms with E-state index in [-0.39, 0.29) is 10.8 Å². The fourth-order valence-corrected chi connectivity index (χ4v) is 7.05. The molecule has 0 bridgehead atoms. The Morgan fingerprint density at radius 1 is 1.00 bits per heavy atom. The van der Waals surface area contributed by atoms with E-state index in [9.17, 15) is 13.2 Å².